The molecule has 0 fully saturated rings. The second-order valence-corrected chi connectivity index (χ2v) is 4.39. The number of benzene rings is 1. The molecule has 7 heteroatoms. The largest absolute Gasteiger partial charge is 0.420 e. The highest BCUT2D eigenvalue weighted by Gasteiger charge is 2.18. The Balaban J connectivity index is 2.47. The molecule has 0 bridgehead atoms. The SMILES string of the molecule is Cc1nc2c(=O)n(-c3ccccc3)c(=O)[nH]c2[n+](C)n1. The molecule has 20 heavy (non-hydrogen) atoms. The highest BCUT2D eigenvalue weighted by atomic mass is 16.2. The summed E-state index contributed by atoms with van der Waals surface area (Å²) in [4.78, 5) is 31.4. The van der Waals surface area contributed by atoms with Crippen LogP contribution >= 0.6 is 0 Å². The van der Waals surface area contributed by atoms with E-state index in [4.69, 9.17) is 0 Å². The van der Waals surface area contributed by atoms with Crippen molar-refractivity contribution >= 4 is 11.2 Å². The second-order valence-electron chi connectivity index (χ2n) is 4.39. The number of hydrogen-bond acceptors (Lipinski definition) is 4. The van der Waals surface area contributed by atoms with E-state index in [1.54, 1.807) is 38.2 Å². The van der Waals surface area contributed by atoms with Crippen LogP contribution in [-0.2, 0) is 7.05 Å². The third-order valence-electron chi connectivity index (χ3n) is 2.96. The quantitative estimate of drug-likeness (QED) is 0.610. The fraction of sp³-hybridized carbons (Fsp3) is 0.154. The Kier molecular flexibility index (Phi) is 2.67. The maximum atomic E-state index is 12.5. The molecule has 0 saturated carbocycles. The minimum atomic E-state index is -0.517. The van der Waals surface area contributed by atoms with Gasteiger partial charge in [0.25, 0.3) is 5.56 Å². The van der Waals surface area contributed by atoms with Gasteiger partial charge in [0.2, 0.25) is 5.52 Å². The van der Waals surface area contributed by atoms with Gasteiger partial charge in [0.05, 0.1) is 5.69 Å². The van der Waals surface area contributed by atoms with Gasteiger partial charge in [0.1, 0.15) is 7.05 Å². The summed E-state index contributed by atoms with van der Waals surface area (Å²) < 4.78 is 2.50. The first-order valence-corrected chi connectivity index (χ1v) is 6.03. The molecule has 0 spiro atoms. The van der Waals surface area contributed by atoms with E-state index < -0.39 is 11.2 Å². The Hall–Kier alpha value is -2.83. The first kappa shape index (κ1) is 12.2. The minimum absolute atomic E-state index is 0.184. The van der Waals surface area contributed by atoms with Gasteiger partial charge in [-0.2, -0.15) is 4.98 Å². The van der Waals surface area contributed by atoms with Gasteiger partial charge in [0.15, 0.2) is 5.82 Å². The highest BCUT2D eigenvalue weighted by Crippen LogP contribution is 2.02. The van der Waals surface area contributed by atoms with E-state index in [2.05, 4.69) is 15.1 Å². The standard InChI is InChI=1S/C13H11N5O2/c1-8-14-10-11(17(2)16-8)15-13(20)18(12(10)19)9-6-4-3-5-7-9/h3-7H,1-2H3/p+1. The van der Waals surface area contributed by atoms with Gasteiger partial charge in [0, 0.05) is 0 Å². The van der Waals surface area contributed by atoms with Crippen molar-refractivity contribution in [3.05, 3.63) is 57.0 Å². The third-order valence-corrected chi connectivity index (χ3v) is 2.96. The van der Waals surface area contributed by atoms with Gasteiger partial charge >= 0.3 is 11.3 Å². The molecule has 3 rings (SSSR count). The Labute approximate surface area is 113 Å². The third kappa shape index (κ3) is 1.80. The van der Waals surface area contributed by atoms with Crippen molar-refractivity contribution in [2.24, 2.45) is 7.05 Å². The van der Waals surface area contributed by atoms with Gasteiger partial charge in [-0.3, -0.25) is 4.79 Å². The van der Waals surface area contributed by atoms with Crippen LogP contribution in [0.5, 0.6) is 0 Å². The van der Waals surface area contributed by atoms with Crippen LogP contribution in [0.15, 0.2) is 39.9 Å². The van der Waals surface area contributed by atoms with Crippen LogP contribution in [0.2, 0.25) is 0 Å². The van der Waals surface area contributed by atoms with Gasteiger partial charge in [-0.25, -0.2) is 14.3 Å². The van der Waals surface area contributed by atoms with Gasteiger partial charge in [-0.05, 0) is 19.1 Å². The van der Waals surface area contributed by atoms with Gasteiger partial charge in [-0.15, -0.1) is 4.68 Å². The Morgan fingerprint density at radius 1 is 1.20 bits per heavy atom. The summed E-state index contributed by atoms with van der Waals surface area (Å²) in [6.45, 7) is 1.69. The lowest BCUT2D eigenvalue weighted by Gasteiger charge is -2.03. The molecule has 2 aromatic heterocycles. The first-order chi connectivity index (χ1) is 9.58. The van der Waals surface area contributed by atoms with E-state index >= 15 is 0 Å². The average Bonchev–Trinajstić information content (AvgIpc) is 2.42. The number of rotatable bonds is 1. The molecular formula is C13H12N5O2+. The summed E-state index contributed by atoms with van der Waals surface area (Å²) in [7, 11) is 1.65. The van der Waals surface area contributed by atoms with E-state index in [1.807, 2.05) is 6.07 Å². The molecule has 0 unspecified atom stereocenters. The number of aromatic nitrogens is 5. The summed E-state index contributed by atoms with van der Waals surface area (Å²) in [5.41, 5.74) is 0.00797. The molecule has 0 aliphatic carbocycles. The lowest BCUT2D eigenvalue weighted by atomic mass is 10.3. The normalized spacial score (nSPS) is 10.9. The summed E-state index contributed by atoms with van der Waals surface area (Å²) in [6, 6.07) is 8.72. The lowest BCUT2D eigenvalue weighted by Crippen LogP contribution is -2.43. The molecule has 0 amide bonds. The van der Waals surface area contributed by atoms with E-state index in [0.29, 0.717) is 17.2 Å². The second kappa shape index (κ2) is 4.37. The van der Waals surface area contributed by atoms with Crippen molar-refractivity contribution in [2.75, 3.05) is 0 Å². The fourth-order valence-electron chi connectivity index (χ4n) is 2.11. The zero-order chi connectivity index (χ0) is 14.3. The van der Waals surface area contributed by atoms with Crippen LogP contribution in [0.1, 0.15) is 5.82 Å². The molecule has 100 valence electrons. The number of fused-ring (bicyclic) bond motifs is 1. The molecule has 2 heterocycles. The number of nitrogens with one attached hydrogen (secondary N) is 1. The maximum Gasteiger partial charge on any atom is 0.420 e. The number of aryl methyl sites for hydroxylation is 2. The summed E-state index contributed by atoms with van der Waals surface area (Å²) >= 11 is 0. The molecule has 0 atom stereocenters. The zero-order valence-corrected chi connectivity index (χ0v) is 11.0. The number of H-pyrrole nitrogens is 1. The van der Waals surface area contributed by atoms with Gasteiger partial charge < -0.3 is 0 Å². The molecule has 1 N–H and O–H groups in total. The first-order valence-electron chi connectivity index (χ1n) is 6.03. The number of nitrogens with zero attached hydrogens (tertiary/aromatic N) is 4. The van der Waals surface area contributed by atoms with Gasteiger partial charge in [-0.1, -0.05) is 23.3 Å². The van der Waals surface area contributed by atoms with Crippen LogP contribution in [0.25, 0.3) is 16.9 Å². The van der Waals surface area contributed by atoms with E-state index in [-0.39, 0.29) is 5.52 Å². The zero-order valence-electron chi connectivity index (χ0n) is 11.0. The molecule has 0 saturated heterocycles. The van der Waals surface area contributed by atoms with Crippen molar-refractivity contribution in [2.45, 2.75) is 6.92 Å². The van der Waals surface area contributed by atoms with E-state index in [0.717, 1.165) is 4.57 Å². The molecule has 0 radical (unpaired) electrons. The molecule has 3 aromatic rings. The molecule has 7 nitrogen and oxygen atoms in total. The van der Waals surface area contributed by atoms with E-state index in [9.17, 15) is 9.59 Å². The molecule has 0 aliphatic rings. The van der Waals surface area contributed by atoms with Crippen LogP contribution in [0, 0.1) is 6.92 Å². The Morgan fingerprint density at radius 2 is 1.90 bits per heavy atom. The van der Waals surface area contributed by atoms with E-state index in [1.165, 1.54) is 4.68 Å². The molecular weight excluding hydrogens is 258 g/mol. The van der Waals surface area contributed by atoms with Crippen molar-refractivity contribution in [3.8, 4) is 5.69 Å². The fourth-order valence-corrected chi connectivity index (χ4v) is 2.11. The Morgan fingerprint density at radius 3 is 2.60 bits per heavy atom. The summed E-state index contributed by atoms with van der Waals surface area (Å²) in [5, 5.41) is 4.07. The average molecular weight is 270 g/mol. The van der Waals surface area contributed by atoms with Crippen molar-refractivity contribution < 1.29 is 4.68 Å². The summed E-state index contributed by atoms with van der Waals surface area (Å²) in [6.07, 6.45) is 0. The number of hydrogen-bond donors (Lipinski definition) is 1. The van der Waals surface area contributed by atoms with Crippen LogP contribution in [0.3, 0.4) is 0 Å². The van der Waals surface area contributed by atoms with Crippen LogP contribution in [-0.4, -0.2) is 19.6 Å². The number of aromatic amines is 1. The maximum absolute atomic E-state index is 12.5. The minimum Gasteiger partial charge on any atom is -0.266 e. The topological polar surface area (TPSA) is 84.5 Å². The smallest absolute Gasteiger partial charge is 0.266 e. The van der Waals surface area contributed by atoms with Crippen LogP contribution < -0.4 is 15.9 Å². The predicted molar refractivity (Wildman–Crippen MR) is 71.7 cm³/mol. The molecule has 0 aliphatic heterocycles. The van der Waals surface area contributed by atoms with Crippen molar-refractivity contribution in [1.82, 2.24) is 19.6 Å². The number of para-hydroxylation sites is 1. The molecule has 1 aromatic carbocycles. The van der Waals surface area contributed by atoms with Crippen molar-refractivity contribution in [1.29, 1.82) is 0 Å². The van der Waals surface area contributed by atoms with Crippen LogP contribution in [0.4, 0.5) is 0 Å². The summed E-state index contributed by atoms with van der Waals surface area (Å²) in [5.74, 6) is 0.462. The predicted octanol–water partition coefficient (Wildman–Crippen LogP) is -0.398. The van der Waals surface area contributed by atoms with Crippen molar-refractivity contribution in [3.63, 3.8) is 0 Å². The monoisotopic (exact) mass is 270 g/mol. The Bertz CT molecular complexity index is 912. The lowest BCUT2D eigenvalue weighted by molar-refractivity contribution is -0.708. The highest BCUT2D eigenvalue weighted by molar-refractivity contribution is 5.64.